The molecule has 1 aromatic heterocycles. The van der Waals surface area contributed by atoms with Gasteiger partial charge in [-0.05, 0) is 13.0 Å². The lowest BCUT2D eigenvalue weighted by Gasteiger charge is -2.08. The number of esters is 1. The maximum atomic E-state index is 11.1. The number of methoxy groups -OCH3 is 1. The van der Waals surface area contributed by atoms with Gasteiger partial charge in [-0.25, -0.2) is 0 Å². The second-order valence-electron chi connectivity index (χ2n) is 3.10. The molecule has 0 saturated carbocycles. The van der Waals surface area contributed by atoms with E-state index >= 15 is 0 Å². The summed E-state index contributed by atoms with van der Waals surface area (Å²) in [6, 6.07) is 1.91. The third kappa shape index (κ3) is 2.57. The molecule has 4 nitrogen and oxygen atoms in total. The zero-order chi connectivity index (χ0) is 9.84. The number of aryl methyl sites for hydroxylation is 1. The van der Waals surface area contributed by atoms with Crippen molar-refractivity contribution in [3.05, 3.63) is 18.0 Å². The van der Waals surface area contributed by atoms with Gasteiger partial charge in [-0.1, -0.05) is 6.92 Å². The summed E-state index contributed by atoms with van der Waals surface area (Å²) < 4.78 is 6.36. The second kappa shape index (κ2) is 4.07. The first-order valence-corrected chi connectivity index (χ1v) is 4.21. The van der Waals surface area contributed by atoms with E-state index in [0.29, 0.717) is 6.54 Å². The van der Waals surface area contributed by atoms with Crippen molar-refractivity contribution in [3.63, 3.8) is 0 Å². The highest BCUT2D eigenvalue weighted by Gasteiger charge is 2.13. The van der Waals surface area contributed by atoms with Gasteiger partial charge in [-0.2, -0.15) is 5.10 Å². The Morgan fingerprint density at radius 2 is 2.46 bits per heavy atom. The molecule has 1 heterocycles. The van der Waals surface area contributed by atoms with E-state index < -0.39 is 0 Å². The molecule has 0 aliphatic heterocycles. The standard InChI is InChI=1S/C9H14N2O2/c1-7(9(12)13-3)6-11-5-4-8(2)10-11/h4-5,7H,6H2,1-3H3. The largest absolute Gasteiger partial charge is 0.469 e. The molecule has 0 aromatic carbocycles. The Hall–Kier alpha value is -1.32. The SMILES string of the molecule is COC(=O)C(C)Cn1ccc(C)n1. The number of rotatable bonds is 3. The average molecular weight is 182 g/mol. The summed E-state index contributed by atoms with van der Waals surface area (Å²) in [5.74, 6) is -0.350. The Labute approximate surface area is 77.5 Å². The molecule has 4 heteroatoms. The minimum atomic E-state index is -0.201. The van der Waals surface area contributed by atoms with Gasteiger partial charge in [0, 0.05) is 6.20 Å². The summed E-state index contributed by atoms with van der Waals surface area (Å²) in [5, 5.41) is 4.18. The summed E-state index contributed by atoms with van der Waals surface area (Å²) in [5.41, 5.74) is 0.956. The van der Waals surface area contributed by atoms with Crippen LogP contribution in [0.2, 0.25) is 0 Å². The zero-order valence-corrected chi connectivity index (χ0v) is 8.15. The summed E-state index contributed by atoms with van der Waals surface area (Å²) in [6.07, 6.45) is 1.86. The van der Waals surface area contributed by atoms with Gasteiger partial charge in [0.2, 0.25) is 0 Å². The van der Waals surface area contributed by atoms with Crippen LogP contribution < -0.4 is 0 Å². The number of carbonyl (C=O) groups is 1. The van der Waals surface area contributed by atoms with E-state index in [4.69, 9.17) is 0 Å². The van der Waals surface area contributed by atoms with Gasteiger partial charge in [0.1, 0.15) is 0 Å². The lowest BCUT2D eigenvalue weighted by atomic mass is 10.2. The van der Waals surface area contributed by atoms with E-state index in [9.17, 15) is 4.79 Å². The molecule has 0 amide bonds. The van der Waals surface area contributed by atoms with Crippen molar-refractivity contribution in [1.29, 1.82) is 0 Å². The van der Waals surface area contributed by atoms with E-state index in [2.05, 4.69) is 9.84 Å². The number of aromatic nitrogens is 2. The lowest BCUT2D eigenvalue weighted by Crippen LogP contribution is -2.19. The maximum absolute atomic E-state index is 11.1. The van der Waals surface area contributed by atoms with Crippen molar-refractivity contribution in [1.82, 2.24) is 9.78 Å². The highest BCUT2D eigenvalue weighted by atomic mass is 16.5. The summed E-state index contributed by atoms with van der Waals surface area (Å²) in [4.78, 5) is 11.1. The fraction of sp³-hybridized carbons (Fsp3) is 0.556. The molecule has 0 fully saturated rings. The third-order valence-corrected chi connectivity index (χ3v) is 1.84. The Balaban J connectivity index is 2.54. The molecule has 1 unspecified atom stereocenters. The number of ether oxygens (including phenoxy) is 1. The first-order chi connectivity index (χ1) is 6.13. The Morgan fingerprint density at radius 3 is 2.92 bits per heavy atom. The first-order valence-electron chi connectivity index (χ1n) is 4.21. The van der Waals surface area contributed by atoms with Crippen LogP contribution in [0.3, 0.4) is 0 Å². The minimum Gasteiger partial charge on any atom is -0.469 e. The normalized spacial score (nSPS) is 12.5. The smallest absolute Gasteiger partial charge is 0.310 e. The molecule has 0 radical (unpaired) electrons. The number of nitrogens with zero attached hydrogens (tertiary/aromatic N) is 2. The van der Waals surface area contributed by atoms with E-state index in [-0.39, 0.29) is 11.9 Å². The topological polar surface area (TPSA) is 44.1 Å². The van der Waals surface area contributed by atoms with Crippen LogP contribution in [-0.2, 0) is 16.1 Å². The average Bonchev–Trinajstić information content (AvgIpc) is 2.49. The molecular weight excluding hydrogens is 168 g/mol. The third-order valence-electron chi connectivity index (χ3n) is 1.84. The van der Waals surface area contributed by atoms with Crippen molar-refractivity contribution in [2.45, 2.75) is 20.4 Å². The van der Waals surface area contributed by atoms with Crippen LogP contribution >= 0.6 is 0 Å². The fourth-order valence-corrected chi connectivity index (χ4v) is 1.12. The van der Waals surface area contributed by atoms with Crippen molar-refractivity contribution < 1.29 is 9.53 Å². The zero-order valence-electron chi connectivity index (χ0n) is 8.15. The van der Waals surface area contributed by atoms with Crippen LogP contribution in [0.5, 0.6) is 0 Å². The molecule has 0 spiro atoms. The molecule has 13 heavy (non-hydrogen) atoms. The molecule has 0 saturated heterocycles. The van der Waals surface area contributed by atoms with Crippen molar-refractivity contribution in [2.75, 3.05) is 7.11 Å². The number of hydrogen-bond acceptors (Lipinski definition) is 3. The van der Waals surface area contributed by atoms with Crippen LogP contribution in [0, 0.1) is 12.8 Å². The number of hydrogen-bond donors (Lipinski definition) is 0. The van der Waals surface area contributed by atoms with E-state index in [1.807, 2.05) is 26.1 Å². The fourth-order valence-electron chi connectivity index (χ4n) is 1.12. The Kier molecular flexibility index (Phi) is 3.06. The maximum Gasteiger partial charge on any atom is 0.310 e. The minimum absolute atomic E-state index is 0.149. The van der Waals surface area contributed by atoms with Crippen molar-refractivity contribution >= 4 is 5.97 Å². The van der Waals surface area contributed by atoms with Gasteiger partial charge in [0.05, 0.1) is 25.3 Å². The molecule has 1 rings (SSSR count). The number of carbonyl (C=O) groups excluding carboxylic acids is 1. The van der Waals surface area contributed by atoms with Crippen LogP contribution in [0.25, 0.3) is 0 Å². The van der Waals surface area contributed by atoms with Gasteiger partial charge >= 0.3 is 5.97 Å². The highest BCUT2D eigenvalue weighted by molar-refractivity contribution is 5.71. The first kappa shape index (κ1) is 9.77. The molecule has 72 valence electrons. The molecule has 1 aromatic rings. The molecule has 0 aliphatic carbocycles. The van der Waals surface area contributed by atoms with Crippen LogP contribution in [-0.4, -0.2) is 22.9 Å². The summed E-state index contributed by atoms with van der Waals surface area (Å²) >= 11 is 0. The summed E-state index contributed by atoms with van der Waals surface area (Å²) in [6.45, 7) is 4.31. The molecule has 0 N–H and O–H groups in total. The van der Waals surface area contributed by atoms with Crippen LogP contribution in [0.1, 0.15) is 12.6 Å². The van der Waals surface area contributed by atoms with Gasteiger partial charge in [-0.3, -0.25) is 9.48 Å². The molecule has 0 bridgehead atoms. The summed E-state index contributed by atoms with van der Waals surface area (Å²) in [7, 11) is 1.40. The van der Waals surface area contributed by atoms with Gasteiger partial charge in [-0.15, -0.1) is 0 Å². The van der Waals surface area contributed by atoms with E-state index in [0.717, 1.165) is 5.69 Å². The van der Waals surface area contributed by atoms with Crippen LogP contribution in [0.4, 0.5) is 0 Å². The van der Waals surface area contributed by atoms with Gasteiger partial charge < -0.3 is 4.74 Å². The second-order valence-corrected chi connectivity index (χ2v) is 3.10. The van der Waals surface area contributed by atoms with Gasteiger partial charge in [0.15, 0.2) is 0 Å². The predicted octanol–water partition coefficient (Wildman–Crippen LogP) is 1.00. The monoisotopic (exact) mass is 182 g/mol. The quantitative estimate of drug-likeness (QED) is 0.655. The lowest BCUT2D eigenvalue weighted by molar-refractivity contribution is -0.145. The van der Waals surface area contributed by atoms with Gasteiger partial charge in [0.25, 0.3) is 0 Å². The Morgan fingerprint density at radius 1 is 1.77 bits per heavy atom. The van der Waals surface area contributed by atoms with E-state index in [1.165, 1.54) is 7.11 Å². The molecule has 0 aliphatic rings. The van der Waals surface area contributed by atoms with Crippen LogP contribution in [0.15, 0.2) is 12.3 Å². The highest BCUT2D eigenvalue weighted by Crippen LogP contribution is 2.02. The van der Waals surface area contributed by atoms with Crippen molar-refractivity contribution in [3.8, 4) is 0 Å². The predicted molar refractivity (Wildman–Crippen MR) is 48.1 cm³/mol. The molecular formula is C9H14N2O2. The molecule has 1 atom stereocenters. The Bertz CT molecular complexity index is 294. The van der Waals surface area contributed by atoms with Crippen molar-refractivity contribution in [2.24, 2.45) is 5.92 Å². The van der Waals surface area contributed by atoms with E-state index in [1.54, 1.807) is 4.68 Å².